The third-order valence-corrected chi connectivity index (χ3v) is 6.39. The molecule has 0 bridgehead atoms. The van der Waals surface area contributed by atoms with Gasteiger partial charge in [-0.2, -0.15) is 0 Å². The molecule has 0 heterocycles. The van der Waals surface area contributed by atoms with E-state index in [-0.39, 0.29) is 37.3 Å². The van der Waals surface area contributed by atoms with Crippen molar-refractivity contribution >= 4 is 18.0 Å². The second-order valence-electron chi connectivity index (χ2n) is 8.87. The monoisotopic (exact) mass is 450 g/mol. The van der Waals surface area contributed by atoms with Gasteiger partial charge in [-0.15, -0.1) is 0 Å². The molecule has 1 fully saturated rings. The van der Waals surface area contributed by atoms with Crippen LogP contribution in [-0.2, 0) is 14.3 Å². The van der Waals surface area contributed by atoms with E-state index in [1.54, 1.807) is 0 Å². The highest BCUT2D eigenvalue weighted by Gasteiger charge is 2.31. The minimum atomic E-state index is -0.879. The van der Waals surface area contributed by atoms with Crippen LogP contribution in [0.1, 0.15) is 49.1 Å². The number of carboxylic acid groups (broad SMARTS) is 1. The van der Waals surface area contributed by atoms with E-state index in [1.165, 1.54) is 11.1 Å². The Balaban J connectivity index is 1.29. The van der Waals surface area contributed by atoms with Crippen LogP contribution in [0.5, 0.6) is 0 Å². The molecule has 2 aromatic carbocycles. The van der Waals surface area contributed by atoms with Gasteiger partial charge in [0, 0.05) is 25.4 Å². The molecule has 174 valence electrons. The quantitative estimate of drug-likeness (QED) is 0.450. The third kappa shape index (κ3) is 5.92. The highest BCUT2D eigenvalue weighted by molar-refractivity contribution is 5.80. The molecular formula is C26H30N2O5. The largest absolute Gasteiger partial charge is 0.481 e. The van der Waals surface area contributed by atoms with Gasteiger partial charge in [-0.1, -0.05) is 61.4 Å². The van der Waals surface area contributed by atoms with Crippen LogP contribution in [0.4, 0.5) is 4.79 Å². The van der Waals surface area contributed by atoms with Gasteiger partial charge >= 0.3 is 12.1 Å². The molecule has 3 N–H and O–H groups in total. The van der Waals surface area contributed by atoms with Crippen LogP contribution in [0.2, 0.25) is 0 Å². The number of fused-ring (bicyclic) bond motifs is 3. The first-order chi connectivity index (χ1) is 16.0. The van der Waals surface area contributed by atoms with E-state index in [0.717, 1.165) is 24.0 Å². The lowest BCUT2D eigenvalue weighted by Crippen LogP contribution is -2.40. The van der Waals surface area contributed by atoms with Crippen LogP contribution in [0.3, 0.4) is 0 Å². The average Bonchev–Trinajstić information content (AvgIpc) is 3.58. The van der Waals surface area contributed by atoms with Crippen LogP contribution in [0, 0.1) is 11.8 Å². The number of hydrogen-bond donors (Lipinski definition) is 3. The molecule has 4 rings (SSSR count). The number of aliphatic carboxylic acids is 1. The Bertz CT molecular complexity index is 972. The fourth-order valence-electron chi connectivity index (χ4n) is 4.49. The highest BCUT2D eigenvalue weighted by atomic mass is 16.5. The molecule has 2 amide bonds. The van der Waals surface area contributed by atoms with Gasteiger partial charge in [0.05, 0.1) is 5.92 Å². The Morgan fingerprint density at radius 1 is 0.970 bits per heavy atom. The van der Waals surface area contributed by atoms with Crippen molar-refractivity contribution in [1.82, 2.24) is 10.6 Å². The van der Waals surface area contributed by atoms with Gasteiger partial charge in [-0.25, -0.2) is 4.79 Å². The predicted molar refractivity (Wildman–Crippen MR) is 124 cm³/mol. The summed E-state index contributed by atoms with van der Waals surface area (Å²) in [7, 11) is 0. The van der Waals surface area contributed by atoms with Gasteiger partial charge in [-0.3, -0.25) is 9.59 Å². The molecule has 0 radical (unpaired) electrons. The van der Waals surface area contributed by atoms with E-state index in [9.17, 15) is 14.4 Å². The van der Waals surface area contributed by atoms with Crippen molar-refractivity contribution in [3.63, 3.8) is 0 Å². The standard InChI is InChI=1S/C26H30N2O5/c29-24(30)10-5-13-27-25(31)18(14-17-11-12-17)15-28-26(32)33-16-23-21-8-3-1-6-19(21)20-7-2-4-9-22(20)23/h1-4,6-9,17-18,23H,5,10-16H2,(H,27,31)(H,28,32)(H,29,30). The summed E-state index contributed by atoms with van der Waals surface area (Å²) in [5.74, 6) is -0.864. The van der Waals surface area contributed by atoms with Crippen LogP contribution >= 0.6 is 0 Å². The maximum absolute atomic E-state index is 12.6. The van der Waals surface area contributed by atoms with Gasteiger partial charge in [0.25, 0.3) is 0 Å². The van der Waals surface area contributed by atoms with E-state index < -0.39 is 12.1 Å². The van der Waals surface area contributed by atoms with Crippen molar-refractivity contribution < 1.29 is 24.2 Å². The number of rotatable bonds is 11. The van der Waals surface area contributed by atoms with Crippen molar-refractivity contribution in [2.24, 2.45) is 11.8 Å². The lowest BCUT2D eigenvalue weighted by atomic mass is 9.98. The lowest BCUT2D eigenvalue weighted by Gasteiger charge is -2.18. The summed E-state index contributed by atoms with van der Waals surface area (Å²) in [5, 5.41) is 14.3. The summed E-state index contributed by atoms with van der Waals surface area (Å²) in [5.41, 5.74) is 4.65. The smallest absolute Gasteiger partial charge is 0.407 e. The number of hydrogen-bond acceptors (Lipinski definition) is 4. The molecule has 0 saturated heterocycles. The topological polar surface area (TPSA) is 105 Å². The SMILES string of the molecule is O=C(O)CCCNC(=O)C(CNC(=O)OCC1c2ccccc2-c2ccccc21)CC1CC1. The maximum Gasteiger partial charge on any atom is 0.407 e. The number of carboxylic acids is 1. The number of nitrogens with one attached hydrogen (secondary N) is 2. The second kappa shape index (κ2) is 10.5. The Labute approximate surface area is 193 Å². The summed E-state index contributed by atoms with van der Waals surface area (Å²) in [6, 6.07) is 16.3. The highest BCUT2D eigenvalue weighted by Crippen LogP contribution is 2.44. The van der Waals surface area contributed by atoms with Gasteiger partial charge in [0.1, 0.15) is 6.61 Å². The zero-order chi connectivity index (χ0) is 23.2. The van der Waals surface area contributed by atoms with Crippen molar-refractivity contribution in [3.05, 3.63) is 59.7 Å². The molecule has 0 aliphatic heterocycles. The number of amides is 2. The van der Waals surface area contributed by atoms with Crippen LogP contribution in [0.25, 0.3) is 11.1 Å². The minimum absolute atomic E-state index is 0.0112. The van der Waals surface area contributed by atoms with Gasteiger partial charge in [-0.05, 0) is 41.0 Å². The van der Waals surface area contributed by atoms with E-state index in [2.05, 4.69) is 34.9 Å². The minimum Gasteiger partial charge on any atom is -0.481 e. The number of alkyl carbamates (subject to hydrolysis) is 1. The van der Waals surface area contributed by atoms with Crippen LogP contribution < -0.4 is 10.6 Å². The van der Waals surface area contributed by atoms with Gasteiger partial charge in [0.2, 0.25) is 5.91 Å². The first-order valence-corrected chi connectivity index (χ1v) is 11.6. The Morgan fingerprint density at radius 3 is 2.21 bits per heavy atom. The molecule has 0 spiro atoms. The van der Waals surface area contributed by atoms with E-state index in [4.69, 9.17) is 9.84 Å². The summed E-state index contributed by atoms with van der Waals surface area (Å²) in [6.07, 6.45) is 2.80. The fourth-order valence-corrected chi connectivity index (χ4v) is 4.49. The zero-order valence-corrected chi connectivity index (χ0v) is 18.6. The zero-order valence-electron chi connectivity index (χ0n) is 18.6. The molecule has 1 saturated carbocycles. The molecular weight excluding hydrogens is 420 g/mol. The first-order valence-electron chi connectivity index (χ1n) is 11.6. The summed E-state index contributed by atoms with van der Waals surface area (Å²) >= 11 is 0. The molecule has 2 aliphatic carbocycles. The predicted octanol–water partition coefficient (Wildman–Crippen LogP) is 3.92. The molecule has 2 aliphatic rings. The number of carbonyl (C=O) groups excluding carboxylic acids is 2. The average molecular weight is 451 g/mol. The molecule has 7 heteroatoms. The van der Waals surface area contributed by atoms with Crippen molar-refractivity contribution in [3.8, 4) is 11.1 Å². The van der Waals surface area contributed by atoms with E-state index >= 15 is 0 Å². The second-order valence-corrected chi connectivity index (χ2v) is 8.87. The molecule has 1 atom stereocenters. The lowest BCUT2D eigenvalue weighted by molar-refractivity contribution is -0.137. The van der Waals surface area contributed by atoms with Crippen LogP contribution in [0.15, 0.2) is 48.5 Å². The molecule has 33 heavy (non-hydrogen) atoms. The first kappa shape index (κ1) is 22.8. The fraction of sp³-hybridized carbons (Fsp3) is 0.423. The van der Waals surface area contributed by atoms with Crippen LogP contribution in [-0.4, -0.2) is 42.8 Å². The number of ether oxygens (including phenoxy) is 1. The summed E-state index contributed by atoms with van der Waals surface area (Å²) in [4.78, 5) is 35.6. The van der Waals surface area contributed by atoms with Crippen molar-refractivity contribution in [2.75, 3.05) is 19.7 Å². The third-order valence-electron chi connectivity index (χ3n) is 6.39. The summed E-state index contributed by atoms with van der Waals surface area (Å²) < 4.78 is 5.57. The Morgan fingerprint density at radius 2 is 1.61 bits per heavy atom. The number of benzene rings is 2. The van der Waals surface area contributed by atoms with Gasteiger partial charge < -0.3 is 20.5 Å². The Kier molecular flexibility index (Phi) is 7.27. The van der Waals surface area contributed by atoms with Crippen molar-refractivity contribution in [1.29, 1.82) is 0 Å². The molecule has 7 nitrogen and oxygen atoms in total. The van der Waals surface area contributed by atoms with E-state index in [0.29, 0.717) is 25.3 Å². The van der Waals surface area contributed by atoms with Crippen molar-refractivity contribution in [2.45, 2.75) is 38.0 Å². The maximum atomic E-state index is 12.6. The van der Waals surface area contributed by atoms with Gasteiger partial charge in [0.15, 0.2) is 0 Å². The normalized spacial score (nSPS) is 15.3. The Hall–Kier alpha value is -3.35. The number of carbonyl (C=O) groups is 3. The molecule has 0 aromatic heterocycles. The van der Waals surface area contributed by atoms with E-state index in [1.807, 2.05) is 24.3 Å². The molecule has 1 unspecified atom stereocenters. The molecule has 2 aromatic rings. The summed E-state index contributed by atoms with van der Waals surface area (Å²) in [6.45, 7) is 0.754.